The van der Waals surface area contributed by atoms with Gasteiger partial charge in [-0.25, -0.2) is 4.79 Å². The first kappa shape index (κ1) is 18.5. The van der Waals surface area contributed by atoms with Gasteiger partial charge in [0.05, 0.1) is 0 Å². The summed E-state index contributed by atoms with van der Waals surface area (Å²) in [7, 11) is 0. The zero-order valence-electron chi connectivity index (χ0n) is 13.9. The SMILES string of the molecule is CC(=O)Nc1cccc(C(=O)NCCNC(=O)OC(C)(C)C)c1. The summed E-state index contributed by atoms with van der Waals surface area (Å²) in [6.07, 6.45) is -0.528. The number of nitrogens with one attached hydrogen (secondary N) is 3. The monoisotopic (exact) mass is 321 g/mol. The van der Waals surface area contributed by atoms with Crippen LogP contribution in [0.2, 0.25) is 0 Å². The molecule has 0 aliphatic rings. The third kappa shape index (κ3) is 7.85. The van der Waals surface area contributed by atoms with Gasteiger partial charge in [0.15, 0.2) is 0 Å². The fraction of sp³-hybridized carbons (Fsp3) is 0.438. The number of anilines is 1. The van der Waals surface area contributed by atoms with Gasteiger partial charge in [-0.2, -0.15) is 0 Å². The Kier molecular flexibility index (Phi) is 6.56. The summed E-state index contributed by atoms with van der Waals surface area (Å²) in [6, 6.07) is 6.60. The minimum absolute atomic E-state index is 0.205. The van der Waals surface area contributed by atoms with Gasteiger partial charge in [-0.15, -0.1) is 0 Å². The van der Waals surface area contributed by atoms with Crippen LogP contribution in [0.15, 0.2) is 24.3 Å². The van der Waals surface area contributed by atoms with Crippen LogP contribution in [-0.2, 0) is 9.53 Å². The summed E-state index contributed by atoms with van der Waals surface area (Å²) >= 11 is 0. The molecule has 1 rings (SSSR count). The number of alkyl carbamates (subject to hydrolysis) is 1. The van der Waals surface area contributed by atoms with Gasteiger partial charge < -0.3 is 20.7 Å². The smallest absolute Gasteiger partial charge is 0.407 e. The highest BCUT2D eigenvalue weighted by molar-refractivity contribution is 5.96. The van der Waals surface area contributed by atoms with Crippen molar-refractivity contribution in [1.29, 1.82) is 0 Å². The molecule has 1 aromatic carbocycles. The average molecular weight is 321 g/mol. The number of rotatable bonds is 5. The van der Waals surface area contributed by atoms with E-state index < -0.39 is 11.7 Å². The Bertz CT molecular complexity index is 579. The van der Waals surface area contributed by atoms with Gasteiger partial charge in [0.2, 0.25) is 5.91 Å². The second-order valence-corrected chi connectivity index (χ2v) is 5.95. The van der Waals surface area contributed by atoms with Crippen LogP contribution >= 0.6 is 0 Å². The first-order valence-corrected chi connectivity index (χ1v) is 7.30. The molecule has 7 heteroatoms. The van der Waals surface area contributed by atoms with E-state index in [9.17, 15) is 14.4 Å². The second kappa shape index (κ2) is 8.17. The van der Waals surface area contributed by atoms with Crippen molar-refractivity contribution >= 4 is 23.6 Å². The standard InChI is InChI=1S/C16H23N3O4/c1-11(20)19-13-7-5-6-12(10-13)14(21)17-8-9-18-15(22)23-16(2,3)4/h5-7,10H,8-9H2,1-4H3,(H,17,21)(H,18,22)(H,19,20). The first-order valence-electron chi connectivity index (χ1n) is 7.30. The van der Waals surface area contributed by atoms with E-state index in [0.717, 1.165) is 0 Å². The average Bonchev–Trinajstić information content (AvgIpc) is 2.41. The summed E-state index contributed by atoms with van der Waals surface area (Å²) in [4.78, 5) is 34.4. The summed E-state index contributed by atoms with van der Waals surface area (Å²) in [5.74, 6) is -0.493. The molecule has 0 fully saturated rings. The number of ether oxygens (including phenoxy) is 1. The Labute approximate surface area is 135 Å². The minimum Gasteiger partial charge on any atom is -0.444 e. The van der Waals surface area contributed by atoms with Crippen LogP contribution in [0.5, 0.6) is 0 Å². The highest BCUT2D eigenvalue weighted by atomic mass is 16.6. The first-order chi connectivity index (χ1) is 10.7. The fourth-order valence-corrected chi connectivity index (χ4v) is 1.70. The predicted molar refractivity (Wildman–Crippen MR) is 87.3 cm³/mol. The van der Waals surface area contributed by atoms with Crippen LogP contribution < -0.4 is 16.0 Å². The van der Waals surface area contributed by atoms with E-state index in [1.54, 1.807) is 45.0 Å². The lowest BCUT2D eigenvalue weighted by Crippen LogP contribution is -2.37. The van der Waals surface area contributed by atoms with Crippen molar-refractivity contribution in [3.63, 3.8) is 0 Å². The molecule has 3 N–H and O–H groups in total. The Morgan fingerprint density at radius 2 is 1.74 bits per heavy atom. The molecule has 0 saturated heterocycles. The molecular formula is C16H23N3O4. The maximum atomic E-state index is 12.0. The fourth-order valence-electron chi connectivity index (χ4n) is 1.70. The summed E-state index contributed by atoms with van der Waals surface area (Å²) in [5, 5.41) is 7.84. The lowest BCUT2D eigenvalue weighted by Gasteiger charge is -2.19. The molecule has 0 spiro atoms. The molecule has 0 radical (unpaired) electrons. The molecule has 7 nitrogen and oxygen atoms in total. The van der Waals surface area contributed by atoms with Crippen LogP contribution in [0.1, 0.15) is 38.1 Å². The zero-order chi connectivity index (χ0) is 17.5. The number of benzene rings is 1. The Balaban J connectivity index is 2.40. The van der Waals surface area contributed by atoms with Crippen molar-refractivity contribution in [2.45, 2.75) is 33.3 Å². The van der Waals surface area contributed by atoms with E-state index in [1.165, 1.54) is 6.92 Å². The van der Waals surface area contributed by atoms with Crippen molar-refractivity contribution in [2.24, 2.45) is 0 Å². The maximum absolute atomic E-state index is 12.0. The van der Waals surface area contributed by atoms with Gasteiger partial charge in [0, 0.05) is 31.3 Å². The number of carbonyl (C=O) groups is 3. The van der Waals surface area contributed by atoms with E-state index in [4.69, 9.17) is 4.74 Å². The molecule has 0 atom stereocenters. The van der Waals surface area contributed by atoms with Gasteiger partial charge in [-0.1, -0.05) is 6.07 Å². The third-order valence-electron chi connectivity index (χ3n) is 2.52. The van der Waals surface area contributed by atoms with Crippen molar-refractivity contribution in [1.82, 2.24) is 10.6 Å². The number of carbonyl (C=O) groups excluding carboxylic acids is 3. The van der Waals surface area contributed by atoms with Gasteiger partial charge >= 0.3 is 6.09 Å². The summed E-state index contributed by atoms with van der Waals surface area (Å²) < 4.78 is 5.08. The molecule has 0 aliphatic heterocycles. The van der Waals surface area contributed by atoms with Crippen LogP contribution in [0, 0.1) is 0 Å². The Morgan fingerprint density at radius 1 is 1.09 bits per heavy atom. The van der Waals surface area contributed by atoms with Crippen molar-refractivity contribution in [3.05, 3.63) is 29.8 Å². The van der Waals surface area contributed by atoms with Crippen LogP contribution in [0.25, 0.3) is 0 Å². The molecular weight excluding hydrogens is 298 g/mol. The van der Waals surface area contributed by atoms with Gasteiger partial charge in [0.1, 0.15) is 5.60 Å². The van der Waals surface area contributed by atoms with Crippen LogP contribution in [0.3, 0.4) is 0 Å². The number of hydrogen-bond donors (Lipinski definition) is 3. The van der Waals surface area contributed by atoms with Crippen molar-refractivity contribution < 1.29 is 19.1 Å². The number of hydrogen-bond acceptors (Lipinski definition) is 4. The molecule has 3 amide bonds. The van der Waals surface area contributed by atoms with Crippen molar-refractivity contribution in [2.75, 3.05) is 18.4 Å². The van der Waals surface area contributed by atoms with E-state index in [0.29, 0.717) is 11.3 Å². The van der Waals surface area contributed by atoms with Gasteiger partial charge in [0.25, 0.3) is 5.91 Å². The lowest BCUT2D eigenvalue weighted by atomic mass is 10.2. The summed E-state index contributed by atoms with van der Waals surface area (Å²) in [6.45, 7) is 7.24. The second-order valence-electron chi connectivity index (χ2n) is 5.95. The minimum atomic E-state index is -0.558. The molecule has 126 valence electrons. The molecule has 0 aliphatic carbocycles. The molecule has 0 bridgehead atoms. The Morgan fingerprint density at radius 3 is 2.35 bits per heavy atom. The predicted octanol–water partition coefficient (Wildman–Crippen LogP) is 1.90. The Hall–Kier alpha value is -2.57. The van der Waals surface area contributed by atoms with Crippen LogP contribution in [-0.4, -0.2) is 36.6 Å². The maximum Gasteiger partial charge on any atom is 0.407 e. The summed E-state index contributed by atoms with van der Waals surface area (Å²) in [5.41, 5.74) is 0.419. The van der Waals surface area contributed by atoms with E-state index >= 15 is 0 Å². The molecule has 1 aromatic rings. The highest BCUT2D eigenvalue weighted by Crippen LogP contribution is 2.10. The van der Waals surface area contributed by atoms with E-state index in [2.05, 4.69) is 16.0 Å². The number of amides is 3. The van der Waals surface area contributed by atoms with E-state index in [1.807, 2.05) is 0 Å². The lowest BCUT2D eigenvalue weighted by molar-refractivity contribution is -0.114. The van der Waals surface area contributed by atoms with E-state index in [-0.39, 0.29) is 24.9 Å². The highest BCUT2D eigenvalue weighted by Gasteiger charge is 2.15. The largest absolute Gasteiger partial charge is 0.444 e. The third-order valence-corrected chi connectivity index (χ3v) is 2.52. The normalized spacial score (nSPS) is 10.6. The topological polar surface area (TPSA) is 96.5 Å². The van der Waals surface area contributed by atoms with Gasteiger partial charge in [-0.3, -0.25) is 9.59 Å². The zero-order valence-corrected chi connectivity index (χ0v) is 13.9. The molecule has 0 aromatic heterocycles. The molecule has 0 heterocycles. The molecule has 0 saturated carbocycles. The molecule has 23 heavy (non-hydrogen) atoms. The van der Waals surface area contributed by atoms with Crippen molar-refractivity contribution in [3.8, 4) is 0 Å². The van der Waals surface area contributed by atoms with Crippen LogP contribution in [0.4, 0.5) is 10.5 Å². The van der Waals surface area contributed by atoms with Gasteiger partial charge in [-0.05, 0) is 39.0 Å². The quantitative estimate of drug-likeness (QED) is 0.722. The molecule has 0 unspecified atom stereocenters.